The lowest BCUT2D eigenvalue weighted by atomic mass is 10.2. The summed E-state index contributed by atoms with van der Waals surface area (Å²) in [6.07, 6.45) is 1.67. The second-order valence-corrected chi connectivity index (χ2v) is 7.97. The zero-order valence-corrected chi connectivity index (χ0v) is 18.4. The highest BCUT2D eigenvalue weighted by atomic mass is 32.2. The van der Waals surface area contributed by atoms with Crippen molar-refractivity contribution in [2.24, 2.45) is 4.99 Å². The third kappa shape index (κ3) is 5.48. The lowest BCUT2D eigenvalue weighted by Crippen LogP contribution is -2.20. The molecule has 3 aromatic rings. The van der Waals surface area contributed by atoms with Crippen LogP contribution in [0, 0.1) is 5.82 Å². The lowest BCUT2D eigenvalue weighted by molar-refractivity contribution is -0.115. The minimum atomic E-state index is -0.433. The number of carbonyl (C=O) groups excluding carboxylic acids is 2. The van der Waals surface area contributed by atoms with E-state index >= 15 is 0 Å². The summed E-state index contributed by atoms with van der Waals surface area (Å²) in [7, 11) is 1.50. The van der Waals surface area contributed by atoms with E-state index in [-0.39, 0.29) is 23.5 Å². The number of carbonyl (C=O) groups is 2. The van der Waals surface area contributed by atoms with Gasteiger partial charge in [0.25, 0.3) is 11.8 Å². The van der Waals surface area contributed by atoms with Crippen LogP contribution in [-0.2, 0) is 11.4 Å². The summed E-state index contributed by atoms with van der Waals surface area (Å²) < 4.78 is 24.9. The number of rotatable bonds is 6. The fraction of sp³-hybridized carbons (Fsp3) is 0.0800. The fourth-order valence-electron chi connectivity index (χ4n) is 3.03. The Kier molecular flexibility index (Phi) is 6.85. The number of benzene rings is 3. The van der Waals surface area contributed by atoms with Crippen molar-refractivity contribution >= 4 is 34.8 Å². The SMILES string of the molecule is COc1cc(/C=C2\SC(=NC(=O)c3ccccc3)NC2=O)ccc1OCc1ccccc1F. The van der Waals surface area contributed by atoms with Crippen LogP contribution in [0.1, 0.15) is 21.5 Å². The van der Waals surface area contributed by atoms with E-state index in [9.17, 15) is 14.0 Å². The number of hydrogen-bond donors (Lipinski definition) is 1. The summed E-state index contributed by atoms with van der Waals surface area (Å²) in [6, 6.07) is 20.2. The molecule has 0 bridgehead atoms. The minimum absolute atomic E-state index is 0.0526. The van der Waals surface area contributed by atoms with E-state index in [0.29, 0.717) is 33.1 Å². The molecule has 0 saturated carbocycles. The van der Waals surface area contributed by atoms with E-state index in [0.717, 1.165) is 11.8 Å². The maximum atomic E-state index is 13.8. The molecule has 4 rings (SSSR count). The predicted octanol–water partition coefficient (Wildman–Crippen LogP) is 4.81. The number of nitrogens with one attached hydrogen (secondary N) is 1. The van der Waals surface area contributed by atoms with Crippen LogP contribution in [0.25, 0.3) is 6.08 Å². The van der Waals surface area contributed by atoms with E-state index in [2.05, 4.69) is 10.3 Å². The van der Waals surface area contributed by atoms with Gasteiger partial charge in [-0.3, -0.25) is 9.59 Å². The van der Waals surface area contributed by atoms with Crippen molar-refractivity contribution in [2.75, 3.05) is 7.11 Å². The van der Waals surface area contributed by atoms with Crippen molar-refractivity contribution in [1.82, 2.24) is 5.32 Å². The third-order valence-corrected chi connectivity index (χ3v) is 5.61. The van der Waals surface area contributed by atoms with Gasteiger partial charge in [-0.05, 0) is 53.7 Å². The quantitative estimate of drug-likeness (QED) is 0.532. The van der Waals surface area contributed by atoms with Gasteiger partial charge in [0.05, 0.1) is 12.0 Å². The summed E-state index contributed by atoms with van der Waals surface area (Å²) in [5.74, 6) is -0.235. The number of methoxy groups -OCH3 is 1. The van der Waals surface area contributed by atoms with Gasteiger partial charge in [-0.15, -0.1) is 0 Å². The van der Waals surface area contributed by atoms with E-state index < -0.39 is 5.91 Å². The van der Waals surface area contributed by atoms with Crippen LogP contribution in [0.15, 0.2) is 82.7 Å². The van der Waals surface area contributed by atoms with Crippen LogP contribution in [0.3, 0.4) is 0 Å². The minimum Gasteiger partial charge on any atom is -0.493 e. The fourth-order valence-corrected chi connectivity index (χ4v) is 3.85. The Morgan fingerprint density at radius 1 is 1.06 bits per heavy atom. The van der Waals surface area contributed by atoms with E-state index in [1.807, 2.05) is 0 Å². The van der Waals surface area contributed by atoms with Gasteiger partial charge in [0.2, 0.25) is 0 Å². The standard InChI is InChI=1S/C25H19FN2O4S/c1-31-21-13-16(11-12-20(21)32-15-18-9-5-6-10-19(18)26)14-22-24(30)28-25(33-22)27-23(29)17-7-3-2-4-8-17/h2-14H,15H2,1H3,(H,27,28,29,30)/b22-14-. The Balaban J connectivity index is 1.48. The summed E-state index contributed by atoms with van der Waals surface area (Å²) in [6.45, 7) is 0.0526. The molecule has 0 spiro atoms. The first-order valence-electron chi connectivity index (χ1n) is 9.96. The Morgan fingerprint density at radius 2 is 1.82 bits per heavy atom. The smallest absolute Gasteiger partial charge is 0.279 e. The molecule has 0 unspecified atom stereocenters. The van der Waals surface area contributed by atoms with Gasteiger partial charge in [0, 0.05) is 11.1 Å². The van der Waals surface area contributed by atoms with Crippen molar-refractivity contribution in [1.29, 1.82) is 0 Å². The van der Waals surface area contributed by atoms with Crippen LogP contribution in [0.5, 0.6) is 11.5 Å². The number of hydrogen-bond acceptors (Lipinski definition) is 5. The zero-order chi connectivity index (χ0) is 23.2. The first kappa shape index (κ1) is 22.3. The van der Waals surface area contributed by atoms with Crippen molar-refractivity contribution in [2.45, 2.75) is 6.61 Å². The topological polar surface area (TPSA) is 77.0 Å². The monoisotopic (exact) mass is 462 g/mol. The molecule has 3 aromatic carbocycles. The molecule has 1 aliphatic rings. The maximum Gasteiger partial charge on any atom is 0.279 e. The summed E-state index contributed by atoms with van der Waals surface area (Å²) in [4.78, 5) is 29.0. The van der Waals surface area contributed by atoms with Gasteiger partial charge in [-0.2, -0.15) is 4.99 Å². The molecule has 1 N–H and O–H groups in total. The number of ether oxygens (including phenoxy) is 2. The average Bonchev–Trinajstić information content (AvgIpc) is 3.17. The number of halogens is 1. The lowest BCUT2D eigenvalue weighted by Gasteiger charge is -2.12. The van der Waals surface area contributed by atoms with Gasteiger partial charge in [-0.25, -0.2) is 4.39 Å². The summed E-state index contributed by atoms with van der Waals surface area (Å²) in [5, 5.41) is 2.82. The molecular formula is C25H19FN2O4S. The molecule has 8 heteroatoms. The molecule has 1 fully saturated rings. The molecular weight excluding hydrogens is 443 g/mol. The molecule has 33 heavy (non-hydrogen) atoms. The normalized spacial score (nSPS) is 15.5. The van der Waals surface area contributed by atoms with Gasteiger partial charge in [0.15, 0.2) is 16.7 Å². The number of aliphatic imine (C=N–C) groups is 1. The molecule has 0 atom stereocenters. The van der Waals surface area contributed by atoms with Crippen LogP contribution in [0.2, 0.25) is 0 Å². The van der Waals surface area contributed by atoms with Gasteiger partial charge in [0.1, 0.15) is 12.4 Å². The molecule has 166 valence electrons. The predicted molar refractivity (Wildman–Crippen MR) is 126 cm³/mol. The first-order chi connectivity index (χ1) is 16.0. The number of thioether (sulfide) groups is 1. The highest BCUT2D eigenvalue weighted by Crippen LogP contribution is 2.32. The Bertz CT molecular complexity index is 1260. The highest BCUT2D eigenvalue weighted by Gasteiger charge is 2.25. The molecule has 0 aliphatic carbocycles. The Hall–Kier alpha value is -3.91. The first-order valence-corrected chi connectivity index (χ1v) is 10.8. The molecule has 6 nitrogen and oxygen atoms in total. The van der Waals surface area contributed by atoms with Gasteiger partial charge >= 0.3 is 0 Å². The second-order valence-electron chi connectivity index (χ2n) is 6.94. The number of amides is 2. The van der Waals surface area contributed by atoms with E-state index in [1.165, 1.54) is 13.2 Å². The number of amidine groups is 1. The molecule has 0 radical (unpaired) electrons. The highest BCUT2D eigenvalue weighted by molar-refractivity contribution is 8.18. The van der Waals surface area contributed by atoms with Crippen LogP contribution in [0.4, 0.5) is 4.39 Å². The van der Waals surface area contributed by atoms with Crippen molar-refractivity contribution < 1.29 is 23.5 Å². The summed E-state index contributed by atoms with van der Waals surface area (Å²) >= 11 is 1.08. The van der Waals surface area contributed by atoms with E-state index in [4.69, 9.17) is 9.47 Å². The Morgan fingerprint density at radius 3 is 2.58 bits per heavy atom. The maximum absolute atomic E-state index is 13.8. The van der Waals surface area contributed by atoms with Crippen LogP contribution in [-0.4, -0.2) is 24.1 Å². The summed E-state index contributed by atoms with van der Waals surface area (Å²) in [5.41, 5.74) is 1.56. The third-order valence-electron chi connectivity index (χ3n) is 4.70. The number of nitrogens with zero attached hydrogens (tertiary/aromatic N) is 1. The molecule has 1 aliphatic heterocycles. The van der Waals surface area contributed by atoms with Crippen LogP contribution >= 0.6 is 11.8 Å². The van der Waals surface area contributed by atoms with Crippen molar-refractivity contribution in [3.8, 4) is 11.5 Å². The van der Waals surface area contributed by atoms with Gasteiger partial charge < -0.3 is 14.8 Å². The second kappa shape index (κ2) is 10.1. The largest absolute Gasteiger partial charge is 0.493 e. The molecule has 0 aromatic heterocycles. The van der Waals surface area contributed by atoms with Crippen molar-refractivity contribution in [3.63, 3.8) is 0 Å². The van der Waals surface area contributed by atoms with Crippen molar-refractivity contribution in [3.05, 3.63) is 100 Å². The van der Waals surface area contributed by atoms with Gasteiger partial charge in [-0.1, -0.05) is 42.5 Å². The molecule has 1 heterocycles. The van der Waals surface area contributed by atoms with E-state index in [1.54, 1.807) is 72.8 Å². The molecule has 2 amide bonds. The zero-order valence-electron chi connectivity index (χ0n) is 17.6. The van der Waals surface area contributed by atoms with Crippen LogP contribution < -0.4 is 14.8 Å². The average molecular weight is 463 g/mol. The molecule has 1 saturated heterocycles. The Labute approximate surface area is 194 Å².